The summed E-state index contributed by atoms with van der Waals surface area (Å²) in [6.07, 6.45) is 7.35. The van der Waals surface area contributed by atoms with Crippen molar-refractivity contribution in [3.8, 4) is 0 Å². The lowest BCUT2D eigenvalue weighted by Gasteiger charge is -2.19. The van der Waals surface area contributed by atoms with Gasteiger partial charge in [-0.2, -0.15) is 11.8 Å². The molecule has 0 unspecified atom stereocenters. The van der Waals surface area contributed by atoms with Gasteiger partial charge in [-0.25, -0.2) is 0 Å². The third-order valence-electron chi connectivity index (χ3n) is 3.48. The molecule has 0 bridgehead atoms. The molecule has 3 nitrogen and oxygen atoms in total. The minimum atomic E-state index is 0.855. The summed E-state index contributed by atoms with van der Waals surface area (Å²) in [7, 11) is 0. The predicted molar refractivity (Wildman–Crippen MR) is 85.1 cm³/mol. The quantitative estimate of drug-likeness (QED) is 0.748. The lowest BCUT2D eigenvalue weighted by atomic mass is 9.99. The van der Waals surface area contributed by atoms with Crippen LogP contribution >= 0.6 is 23.1 Å². The van der Waals surface area contributed by atoms with Crippen LogP contribution in [0.5, 0.6) is 0 Å². The van der Waals surface area contributed by atoms with E-state index in [4.69, 9.17) is 0 Å². The molecule has 19 heavy (non-hydrogen) atoms. The number of hydrogen-bond acceptors (Lipinski definition) is 5. The summed E-state index contributed by atoms with van der Waals surface area (Å²) < 4.78 is 0. The zero-order chi connectivity index (χ0) is 13.3. The van der Waals surface area contributed by atoms with Gasteiger partial charge in [-0.15, -0.1) is 21.5 Å². The molecule has 108 valence electrons. The molecule has 1 aromatic rings. The average Bonchev–Trinajstić information content (AvgIpc) is 2.87. The molecule has 0 atom stereocenters. The van der Waals surface area contributed by atoms with Gasteiger partial charge in [0.2, 0.25) is 0 Å². The van der Waals surface area contributed by atoms with Crippen molar-refractivity contribution in [2.75, 3.05) is 24.6 Å². The molecule has 1 N–H and O–H groups in total. The van der Waals surface area contributed by atoms with Crippen molar-refractivity contribution in [2.24, 2.45) is 5.92 Å². The first-order valence-corrected chi connectivity index (χ1v) is 9.45. The second-order valence-electron chi connectivity index (χ2n) is 5.20. The first-order valence-electron chi connectivity index (χ1n) is 7.48. The Bertz CT molecular complexity index is 348. The minimum absolute atomic E-state index is 0.855. The Morgan fingerprint density at radius 2 is 1.95 bits per heavy atom. The summed E-state index contributed by atoms with van der Waals surface area (Å²) in [5.74, 6) is 3.52. The number of hydrogen-bond donors (Lipinski definition) is 1. The number of thioether (sulfide) groups is 1. The highest BCUT2D eigenvalue weighted by atomic mass is 32.2. The number of nitrogens with one attached hydrogen (secondary N) is 1. The first-order chi connectivity index (χ1) is 9.38. The minimum Gasteiger partial charge on any atom is -0.317 e. The van der Waals surface area contributed by atoms with Gasteiger partial charge < -0.3 is 5.32 Å². The normalized spacial score (nSPS) is 16.9. The van der Waals surface area contributed by atoms with Crippen molar-refractivity contribution in [2.45, 2.75) is 45.4 Å². The van der Waals surface area contributed by atoms with Crippen LogP contribution in [-0.4, -0.2) is 34.8 Å². The molecule has 1 aliphatic heterocycles. The maximum Gasteiger partial charge on any atom is 0.117 e. The van der Waals surface area contributed by atoms with E-state index in [1.165, 1.54) is 47.2 Å². The summed E-state index contributed by atoms with van der Waals surface area (Å²) in [6, 6.07) is 0. The highest BCUT2D eigenvalue weighted by molar-refractivity contribution is 7.99. The highest BCUT2D eigenvalue weighted by Gasteiger charge is 2.16. The van der Waals surface area contributed by atoms with Crippen LogP contribution < -0.4 is 5.32 Å². The van der Waals surface area contributed by atoms with E-state index in [0.717, 1.165) is 31.8 Å². The van der Waals surface area contributed by atoms with E-state index in [2.05, 4.69) is 34.2 Å². The molecule has 0 saturated carbocycles. The number of aryl methyl sites for hydroxylation is 1. The Hall–Kier alpha value is -0.130. The SMILES string of the molecule is CCCNCCCc1nnc(CC2CCSCC2)s1. The fraction of sp³-hybridized carbons (Fsp3) is 0.857. The van der Waals surface area contributed by atoms with Crippen molar-refractivity contribution in [3.63, 3.8) is 0 Å². The molecule has 0 aromatic carbocycles. The summed E-state index contributed by atoms with van der Waals surface area (Å²) in [6.45, 7) is 4.43. The largest absolute Gasteiger partial charge is 0.317 e. The first kappa shape index (κ1) is 15.3. The second-order valence-corrected chi connectivity index (χ2v) is 7.57. The summed E-state index contributed by atoms with van der Waals surface area (Å²) in [5, 5.41) is 14.6. The Balaban J connectivity index is 1.66. The number of aromatic nitrogens is 2. The zero-order valence-corrected chi connectivity index (χ0v) is 13.5. The van der Waals surface area contributed by atoms with E-state index < -0.39 is 0 Å². The Morgan fingerprint density at radius 1 is 1.16 bits per heavy atom. The number of nitrogens with zero attached hydrogens (tertiary/aromatic N) is 2. The van der Waals surface area contributed by atoms with Crippen LogP contribution in [-0.2, 0) is 12.8 Å². The Labute approximate surface area is 125 Å². The van der Waals surface area contributed by atoms with Gasteiger partial charge in [0.25, 0.3) is 0 Å². The molecule has 2 rings (SSSR count). The molecule has 1 saturated heterocycles. The van der Waals surface area contributed by atoms with Crippen molar-refractivity contribution >= 4 is 23.1 Å². The smallest absolute Gasteiger partial charge is 0.117 e. The van der Waals surface area contributed by atoms with Gasteiger partial charge >= 0.3 is 0 Å². The van der Waals surface area contributed by atoms with Crippen LogP contribution in [0.25, 0.3) is 0 Å². The molecular weight excluding hydrogens is 274 g/mol. The van der Waals surface area contributed by atoms with Crippen LogP contribution in [0.1, 0.15) is 42.6 Å². The number of rotatable bonds is 8. The molecule has 1 aromatic heterocycles. The average molecular weight is 300 g/mol. The third-order valence-corrected chi connectivity index (χ3v) is 5.54. The van der Waals surface area contributed by atoms with E-state index in [9.17, 15) is 0 Å². The Kier molecular flexibility index (Phi) is 7.17. The predicted octanol–water partition coefficient (Wildman–Crippen LogP) is 3.16. The maximum absolute atomic E-state index is 4.37. The van der Waals surface area contributed by atoms with Crippen LogP contribution in [0.15, 0.2) is 0 Å². The monoisotopic (exact) mass is 299 g/mol. The lowest BCUT2D eigenvalue weighted by Crippen LogP contribution is -2.16. The van der Waals surface area contributed by atoms with E-state index >= 15 is 0 Å². The standard InChI is InChI=1S/C14H25N3S2/c1-2-7-15-8-3-4-13-16-17-14(19-13)11-12-5-9-18-10-6-12/h12,15H,2-11H2,1H3. The molecule has 2 heterocycles. The molecule has 0 spiro atoms. The third kappa shape index (κ3) is 5.79. The fourth-order valence-electron chi connectivity index (χ4n) is 2.34. The topological polar surface area (TPSA) is 37.8 Å². The van der Waals surface area contributed by atoms with Gasteiger partial charge in [0.05, 0.1) is 0 Å². The van der Waals surface area contributed by atoms with Crippen LogP contribution in [0, 0.1) is 5.92 Å². The van der Waals surface area contributed by atoms with Gasteiger partial charge in [0.15, 0.2) is 0 Å². The molecule has 1 fully saturated rings. The zero-order valence-electron chi connectivity index (χ0n) is 11.9. The summed E-state index contributed by atoms with van der Waals surface area (Å²) in [5.41, 5.74) is 0. The second kappa shape index (κ2) is 8.93. The Morgan fingerprint density at radius 3 is 2.74 bits per heavy atom. The lowest BCUT2D eigenvalue weighted by molar-refractivity contribution is 0.485. The van der Waals surface area contributed by atoms with Crippen molar-refractivity contribution in [1.29, 1.82) is 0 Å². The molecular formula is C14H25N3S2. The van der Waals surface area contributed by atoms with Gasteiger partial charge in [0.1, 0.15) is 10.0 Å². The van der Waals surface area contributed by atoms with E-state index in [-0.39, 0.29) is 0 Å². The molecule has 0 aliphatic carbocycles. The van der Waals surface area contributed by atoms with Crippen LogP contribution in [0.4, 0.5) is 0 Å². The van der Waals surface area contributed by atoms with E-state index in [1.807, 2.05) is 11.3 Å². The van der Waals surface area contributed by atoms with Crippen molar-refractivity contribution in [1.82, 2.24) is 15.5 Å². The van der Waals surface area contributed by atoms with Crippen LogP contribution in [0.2, 0.25) is 0 Å². The molecule has 1 aliphatic rings. The van der Waals surface area contributed by atoms with E-state index in [0.29, 0.717) is 0 Å². The maximum atomic E-state index is 4.37. The van der Waals surface area contributed by atoms with Gasteiger partial charge in [-0.1, -0.05) is 6.92 Å². The molecule has 0 radical (unpaired) electrons. The van der Waals surface area contributed by atoms with Crippen molar-refractivity contribution in [3.05, 3.63) is 10.0 Å². The highest BCUT2D eigenvalue weighted by Crippen LogP contribution is 2.26. The fourth-order valence-corrected chi connectivity index (χ4v) is 4.54. The molecule has 5 heteroatoms. The summed E-state index contributed by atoms with van der Waals surface area (Å²) in [4.78, 5) is 0. The summed E-state index contributed by atoms with van der Waals surface area (Å²) >= 11 is 3.93. The van der Waals surface area contributed by atoms with Crippen molar-refractivity contribution < 1.29 is 0 Å². The van der Waals surface area contributed by atoms with Gasteiger partial charge in [-0.3, -0.25) is 0 Å². The van der Waals surface area contributed by atoms with Gasteiger partial charge in [-0.05, 0) is 56.2 Å². The van der Waals surface area contributed by atoms with Crippen LogP contribution in [0.3, 0.4) is 0 Å². The van der Waals surface area contributed by atoms with Gasteiger partial charge in [0, 0.05) is 12.8 Å². The molecule has 0 amide bonds. The van der Waals surface area contributed by atoms with E-state index in [1.54, 1.807) is 0 Å².